The Hall–Kier alpha value is -1.32. The van der Waals surface area contributed by atoms with Gasteiger partial charge in [0.15, 0.2) is 0 Å². The predicted octanol–water partition coefficient (Wildman–Crippen LogP) is 2.04. The topological polar surface area (TPSA) is 85.9 Å². The van der Waals surface area contributed by atoms with Gasteiger partial charge in [0.1, 0.15) is 13.2 Å². The van der Waals surface area contributed by atoms with Gasteiger partial charge in [-0.05, 0) is 0 Å². The molecule has 2 N–H and O–H groups in total. The molecule has 108 valence electrons. The van der Waals surface area contributed by atoms with E-state index in [1.807, 2.05) is 0 Å². The van der Waals surface area contributed by atoms with E-state index in [0.717, 1.165) is 24.1 Å². The van der Waals surface area contributed by atoms with E-state index in [9.17, 15) is 9.59 Å². The van der Waals surface area contributed by atoms with E-state index in [0.29, 0.717) is 0 Å². The third kappa shape index (κ3) is 12.9. The van der Waals surface area contributed by atoms with Crippen LogP contribution < -0.4 is 10.6 Å². The molecule has 0 atom stereocenters. The summed E-state index contributed by atoms with van der Waals surface area (Å²) in [5.74, 6) is 0.452. The number of hydrogen-bond donors (Lipinski definition) is 2. The molecular weight excluding hydrogens is 292 g/mol. The molecule has 0 aromatic carbocycles. The van der Waals surface area contributed by atoms with Gasteiger partial charge in [0.2, 0.25) is 0 Å². The first-order chi connectivity index (χ1) is 9.20. The second kappa shape index (κ2) is 13.1. The molecule has 0 aromatic rings. The summed E-state index contributed by atoms with van der Waals surface area (Å²) in [6, 6.07) is 0. The first-order valence-electron chi connectivity index (χ1n) is 5.14. The second-order valence-electron chi connectivity index (χ2n) is 2.72. The van der Waals surface area contributed by atoms with Crippen LogP contribution in [-0.4, -0.2) is 37.2 Å². The summed E-state index contributed by atoms with van der Waals surface area (Å²) in [5, 5.41) is 4.88. The van der Waals surface area contributed by atoms with Gasteiger partial charge in [-0.15, -0.1) is 0 Å². The van der Waals surface area contributed by atoms with E-state index in [-0.39, 0.29) is 25.0 Å². The van der Waals surface area contributed by atoms with Crippen molar-refractivity contribution in [1.82, 2.24) is 10.6 Å². The molecule has 0 spiro atoms. The Morgan fingerprint density at radius 1 is 0.947 bits per heavy atom. The number of alkyl carbamates (subject to hydrolysis) is 2. The van der Waals surface area contributed by atoms with Crippen molar-refractivity contribution in [1.29, 1.82) is 0 Å². The molecule has 0 fully saturated rings. The first-order valence-corrected chi connectivity index (χ1v) is 6.97. The van der Waals surface area contributed by atoms with E-state index < -0.39 is 12.2 Å². The summed E-state index contributed by atoms with van der Waals surface area (Å²) in [4.78, 5) is 21.9. The molecule has 7 nitrogen and oxygen atoms in total. The van der Waals surface area contributed by atoms with Crippen LogP contribution in [-0.2, 0) is 13.1 Å². The number of nitrogens with one attached hydrogen (secondary N) is 2. The van der Waals surface area contributed by atoms with Crippen molar-refractivity contribution in [2.75, 3.05) is 25.0 Å². The molecule has 0 aliphatic rings. The largest absolute Gasteiger partial charge is 0.445 e. The predicted molar refractivity (Wildman–Crippen MR) is 75.4 cm³/mol. The smallest absolute Gasteiger partial charge is 0.408 e. The van der Waals surface area contributed by atoms with E-state index in [1.165, 1.54) is 12.2 Å². The van der Waals surface area contributed by atoms with Crippen molar-refractivity contribution in [2.45, 2.75) is 0 Å². The summed E-state index contributed by atoms with van der Waals surface area (Å²) < 4.78 is 14.3. The van der Waals surface area contributed by atoms with Crippen molar-refractivity contribution in [3.05, 3.63) is 25.3 Å². The van der Waals surface area contributed by atoms with E-state index in [2.05, 4.69) is 33.3 Å². The van der Waals surface area contributed by atoms with Crippen molar-refractivity contribution in [3.63, 3.8) is 0 Å². The molecule has 0 radical (unpaired) electrons. The fourth-order valence-corrected chi connectivity index (χ4v) is 1.64. The minimum absolute atomic E-state index is 0.156. The Balaban J connectivity index is 3.26. The molecule has 0 saturated carbocycles. The molecule has 0 bridgehead atoms. The highest BCUT2D eigenvalue weighted by Crippen LogP contribution is 2.11. The maximum atomic E-state index is 10.9. The van der Waals surface area contributed by atoms with Crippen LogP contribution in [0.5, 0.6) is 0 Å². The molecule has 9 heteroatoms. The molecule has 0 aromatic heterocycles. The van der Waals surface area contributed by atoms with Crippen LogP contribution in [0.25, 0.3) is 0 Å². The highest BCUT2D eigenvalue weighted by atomic mass is 32.2. The standard InChI is InChI=1S/C10H16N2O5S2/c1-3-5-15-9(13)11-7-18-17-19-8-12-10(14)16-6-4-2/h3-4H,1-2,5-8H2,(H,11,13)(H,12,14). The van der Waals surface area contributed by atoms with E-state index in [4.69, 9.17) is 3.63 Å². The second-order valence-corrected chi connectivity index (χ2v) is 4.31. The maximum Gasteiger partial charge on any atom is 0.408 e. The SMILES string of the molecule is C=CCOC(=O)NCSOSCNC(=O)OCC=C. The molecule has 0 aliphatic heterocycles. The van der Waals surface area contributed by atoms with Gasteiger partial charge in [-0.1, -0.05) is 25.3 Å². The van der Waals surface area contributed by atoms with Gasteiger partial charge in [-0.2, -0.15) is 0 Å². The molecule has 0 saturated heterocycles. The van der Waals surface area contributed by atoms with Gasteiger partial charge >= 0.3 is 12.2 Å². The van der Waals surface area contributed by atoms with Gasteiger partial charge in [0.25, 0.3) is 0 Å². The number of rotatable bonds is 10. The average molecular weight is 308 g/mol. The minimum Gasteiger partial charge on any atom is -0.445 e. The summed E-state index contributed by atoms with van der Waals surface area (Å²) in [7, 11) is 0. The van der Waals surface area contributed by atoms with Crippen LogP contribution >= 0.6 is 24.1 Å². The Labute approximate surface area is 120 Å². The van der Waals surface area contributed by atoms with Crippen molar-refractivity contribution in [2.24, 2.45) is 0 Å². The summed E-state index contributed by atoms with van der Waals surface area (Å²) in [6.07, 6.45) is 1.84. The average Bonchev–Trinajstić information content (AvgIpc) is 2.41. The van der Waals surface area contributed by atoms with Gasteiger partial charge in [-0.3, -0.25) is 0 Å². The van der Waals surface area contributed by atoms with Crippen LogP contribution in [0, 0.1) is 0 Å². The quantitative estimate of drug-likeness (QED) is 0.276. The number of hydrogen-bond acceptors (Lipinski definition) is 7. The fraction of sp³-hybridized carbons (Fsp3) is 0.400. The fourth-order valence-electron chi connectivity index (χ4n) is 0.630. The van der Waals surface area contributed by atoms with E-state index >= 15 is 0 Å². The van der Waals surface area contributed by atoms with Crippen LogP contribution in [0.2, 0.25) is 0 Å². The third-order valence-corrected chi connectivity index (χ3v) is 2.61. The zero-order valence-corrected chi connectivity index (χ0v) is 11.9. The van der Waals surface area contributed by atoms with Gasteiger partial charge < -0.3 is 20.1 Å². The van der Waals surface area contributed by atoms with Crippen molar-refractivity contribution in [3.8, 4) is 0 Å². The Kier molecular flexibility index (Phi) is 12.2. The number of ether oxygens (including phenoxy) is 2. The third-order valence-electron chi connectivity index (χ3n) is 1.31. The van der Waals surface area contributed by atoms with Gasteiger partial charge in [-0.25, -0.2) is 13.2 Å². The van der Waals surface area contributed by atoms with E-state index in [1.54, 1.807) is 0 Å². The lowest BCUT2D eigenvalue weighted by Gasteiger charge is -2.05. The summed E-state index contributed by atoms with van der Waals surface area (Å²) in [6.45, 7) is 7.13. The van der Waals surface area contributed by atoms with Gasteiger partial charge in [0, 0.05) is 24.1 Å². The summed E-state index contributed by atoms with van der Waals surface area (Å²) >= 11 is 2.00. The molecule has 0 rings (SSSR count). The first kappa shape index (κ1) is 17.7. The monoisotopic (exact) mass is 308 g/mol. The molecule has 0 heterocycles. The molecule has 19 heavy (non-hydrogen) atoms. The summed E-state index contributed by atoms with van der Waals surface area (Å²) in [5.41, 5.74) is 0. The van der Waals surface area contributed by atoms with Crippen LogP contribution in [0.15, 0.2) is 25.3 Å². The highest BCUT2D eigenvalue weighted by molar-refractivity contribution is 8.07. The highest BCUT2D eigenvalue weighted by Gasteiger charge is 2.01. The molecular formula is C10H16N2O5S2. The number of carbonyl (C=O) groups is 2. The normalized spacial score (nSPS) is 9.26. The zero-order chi connectivity index (χ0) is 14.3. The number of amides is 2. The van der Waals surface area contributed by atoms with Crippen LogP contribution in [0.1, 0.15) is 0 Å². The lowest BCUT2D eigenvalue weighted by molar-refractivity contribution is 0.159. The zero-order valence-electron chi connectivity index (χ0n) is 10.3. The Morgan fingerprint density at radius 3 is 1.74 bits per heavy atom. The lowest BCUT2D eigenvalue weighted by Crippen LogP contribution is -2.24. The Bertz CT molecular complexity index is 274. The van der Waals surface area contributed by atoms with Gasteiger partial charge in [0.05, 0.1) is 11.8 Å². The van der Waals surface area contributed by atoms with Crippen molar-refractivity contribution >= 4 is 36.3 Å². The minimum atomic E-state index is -0.549. The van der Waals surface area contributed by atoms with Crippen molar-refractivity contribution < 1.29 is 22.7 Å². The molecule has 0 unspecified atom stereocenters. The Morgan fingerprint density at radius 2 is 1.37 bits per heavy atom. The maximum absolute atomic E-state index is 10.9. The number of carbonyl (C=O) groups excluding carboxylic acids is 2. The molecule has 2 amide bonds. The lowest BCUT2D eigenvalue weighted by atomic mass is 10.7. The van der Waals surface area contributed by atoms with Crippen LogP contribution in [0.4, 0.5) is 9.59 Å². The van der Waals surface area contributed by atoms with Crippen LogP contribution in [0.3, 0.4) is 0 Å². The molecule has 0 aliphatic carbocycles.